The van der Waals surface area contributed by atoms with Crippen LogP contribution in [0, 0.1) is 5.41 Å². The summed E-state index contributed by atoms with van der Waals surface area (Å²) in [6.45, 7) is 8.72. The van der Waals surface area contributed by atoms with Gasteiger partial charge in [-0.15, -0.1) is 11.3 Å². The molecule has 0 fully saturated rings. The zero-order chi connectivity index (χ0) is 15.7. The fourth-order valence-corrected chi connectivity index (χ4v) is 5.93. The van der Waals surface area contributed by atoms with Crippen molar-refractivity contribution in [2.24, 2.45) is 5.41 Å². The number of nitrogens with one attached hydrogen (secondary N) is 1. The molecule has 0 aliphatic rings. The Kier molecular flexibility index (Phi) is 5.83. The van der Waals surface area contributed by atoms with Gasteiger partial charge < -0.3 is 5.32 Å². The Morgan fingerprint density at radius 1 is 1.45 bits per heavy atom. The van der Waals surface area contributed by atoms with E-state index in [4.69, 9.17) is 0 Å². The normalized spacial score (nSPS) is 14.8. The molecule has 1 atom stereocenters. The molecule has 1 aromatic heterocycles. The Hall–Kier alpha value is 0.0500. The lowest BCUT2D eigenvalue weighted by atomic mass is 9.88. The third kappa shape index (κ3) is 3.82. The van der Waals surface area contributed by atoms with Gasteiger partial charge in [-0.3, -0.25) is 0 Å². The molecule has 0 aliphatic carbocycles. The molecule has 1 aromatic rings. The number of halogens is 1. The smallest absolute Gasteiger partial charge is 0.245 e. The second-order valence-corrected chi connectivity index (χ2v) is 10.4. The first-order chi connectivity index (χ1) is 9.01. The van der Waals surface area contributed by atoms with Crippen LogP contribution in [-0.4, -0.2) is 32.9 Å². The summed E-state index contributed by atoms with van der Waals surface area (Å²) in [5.74, 6) is 0. The maximum absolute atomic E-state index is 12.7. The van der Waals surface area contributed by atoms with Gasteiger partial charge in [-0.1, -0.05) is 20.8 Å². The van der Waals surface area contributed by atoms with Crippen molar-refractivity contribution >= 4 is 37.3 Å². The van der Waals surface area contributed by atoms with Gasteiger partial charge in [-0.2, -0.15) is 4.31 Å². The topological polar surface area (TPSA) is 49.4 Å². The van der Waals surface area contributed by atoms with Gasteiger partial charge in [0.2, 0.25) is 10.0 Å². The van der Waals surface area contributed by atoms with Gasteiger partial charge >= 0.3 is 0 Å². The fourth-order valence-electron chi connectivity index (χ4n) is 1.74. The molecule has 0 radical (unpaired) electrons. The minimum atomic E-state index is -3.48. The summed E-state index contributed by atoms with van der Waals surface area (Å²) in [4.78, 5) is 1.35. The molecule has 1 heterocycles. The molecule has 1 rings (SSSR count). The van der Waals surface area contributed by atoms with Crippen molar-refractivity contribution in [1.29, 1.82) is 0 Å². The predicted molar refractivity (Wildman–Crippen MR) is 88.6 cm³/mol. The Balaban J connectivity index is 3.17. The van der Waals surface area contributed by atoms with E-state index in [-0.39, 0.29) is 11.5 Å². The van der Waals surface area contributed by atoms with Gasteiger partial charge in [-0.05, 0) is 41.4 Å². The SMILES string of the molecule is CNCc1cc(S(=O)(=O)N(C)C(C)C(C)(C)C)c(Br)s1. The monoisotopic (exact) mass is 382 g/mol. The van der Waals surface area contributed by atoms with Gasteiger partial charge in [0.15, 0.2) is 0 Å². The van der Waals surface area contributed by atoms with E-state index >= 15 is 0 Å². The molecule has 0 bridgehead atoms. The van der Waals surface area contributed by atoms with Crippen LogP contribution in [0.3, 0.4) is 0 Å². The summed E-state index contributed by atoms with van der Waals surface area (Å²) in [7, 11) is 0.00837. The highest BCUT2D eigenvalue weighted by Gasteiger charge is 2.34. The number of hydrogen-bond acceptors (Lipinski definition) is 4. The van der Waals surface area contributed by atoms with E-state index in [1.807, 2.05) is 34.7 Å². The highest BCUT2D eigenvalue weighted by molar-refractivity contribution is 9.11. The van der Waals surface area contributed by atoms with Crippen molar-refractivity contribution in [1.82, 2.24) is 9.62 Å². The number of nitrogens with zero attached hydrogens (tertiary/aromatic N) is 1. The first-order valence-corrected chi connectivity index (χ1v) is 9.47. The van der Waals surface area contributed by atoms with Crippen molar-refractivity contribution in [3.63, 3.8) is 0 Å². The van der Waals surface area contributed by atoms with E-state index in [9.17, 15) is 8.42 Å². The molecule has 1 unspecified atom stereocenters. The van der Waals surface area contributed by atoms with E-state index in [0.717, 1.165) is 4.88 Å². The molecule has 0 amide bonds. The maximum atomic E-state index is 12.7. The van der Waals surface area contributed by atoms with Crippen LogP contribution in [0.1, 0.15) is 32.6 Å². The van der Waals surface area contributed by atoms with Crippen LogP contribution >= 0.6 is 27.3 Å². The third-order valence-corrected chi connectivity index (χ3v) is 7.69. The number of thiophene rings is 1. The molecular formula is C13H23BrN2O2S2. The van der Waals surface area contributed by atoms with Gasteiger partial charge in [0.25, 0.3) is 0 Å². The van der Waals surface area contributed by atoms with Crippen molar-refractivity contribution in [3.8, 4) is 0 Å². The second kappa shape index (κ2) is 6.44. The molecule has 1 N–H and O–H groups in total. The number of hydrogen-bond donors (Lipinski definition) is 1. The van der Waals surface area contributed by atoms with Crippen LogP contribution in [0.5, 0.6) is 0 Å². The lowest BCUT2D eigenvalue weighted by molar-refractivity contribution is 0.216. The Bertz CT molecular complexity index is 561. The van der Waals surface area contributed by atoms with Gasteiger partial charge in [0.05, 0.1) is 3.79 Å². The molecule has 0 aliphatic heterocycles. The standard InChI is InChI=1S/C13H23BrN2O2S2/c1-9(13(2,3)4)16(6)20(17,18)11-7-10(8-15-5)19-12(11)14/h7,9,15H,8H2,1-6H3. The average Bonchev–Trinajstić information content (AvgIpc) is 2.68. The molecule has 116 valence electrons. The summed E-state index contributed by atoms with van der Waals surface area (Å²) in [5.41, 5.74) is -0.113. The zero-order valence-corrected chi connectivity index (χ0v) is 16.0. The highest BCUT2D eigenvalue weighted by Crippen LogP contribution is 2.35. The lowest BCUT2D eigenvalue weighted by Gasteiger charge is -2.34. The summed E-state index contributed by atoms with van der Waals surface area (Å²) in [6, 6.07) is 1.65. The van der Waals surface area contributed by atoms with E-state index < -0.39 is 10.0 Å². The minimum absolute atomic E-state index is 0.0907. The van der Waals surface area contributed by atoms with Crippen molar-refractivity contribution < 1.29 is 8.42 Å². The predicted octanol–water partition coefficient (Wildman–Crippen LogP) is 3.29. The van der Waals surface area contributed by atoms with Crippen molar-refractivity contribution in [3.05, 3.63) is 14.7 Å². The van der Waals surface area contributed by atoms with Crippen molar-refractivity contribution in [2.45, 2.75) is 45.2 Å². The maximum Gasteiger partial charge on any atom is 0.245 e. The first-order valence-electron chi connectivity index (χ1n) is 6.42. The van der Waals surface area contributed by atoms with Crippen molar-refractivity contribution in [2.75, 3.05) is 14.1 Å². The molecule has 0 spiro atoms. The van der Waals surface area contributed by atoms with E-state index in [2.05, 4.69) is 21.2 Å². The fraction of sp³-hybridized carbons (Fsp3) is 0.692. The quantitative estimate of drug-likeness (QED) is 0.849. The molecular weight excluding hydrogens is 360 g/mol. The minimum Gasteiger partial charge on any atom is -0.315 e. The average molecular weight is 383 g/mol. The molecule has 7 heteroatoms. The Morgan fingerprint density at radius 3 is 2.45 bits per heavy atom. The molecule has 4 nitrogen and oxygen atoms in total. The van der Waals surface area contributed by atoms with E-state index in [1.165, 1.54) is 15.6 Å². The van der Waals surface area contributed by atoms with Crippen LogP contribution in [0.4, 0.5) is 0 Å². The summed E-state index contributed by atoms with van der Waals surface area (Å²) >= 11 is 4.83. The molecule has 0 aromatic carbocycles. The van der Waals surface area contributed by atoms with Gasteiger partial charge in [-0.25, -0.2) is 8.42 Å². The number of rotatable bonds is 5. The van der Waals surface area contributed by atoms with Crippen LogP contribution < -0.4 is 5.32 Å². The van der Waals surface area contributed by atoms with Crippen LogP contribution in [0.25, 0.3) is 0 Å². The highest BCUT2D eigenvalue weighted by atomic mass is 79.9. The molecule has 0 saturated carbocycles. The van der Waals surface area contributed by atoms with Crippen LogP contribution in [-0.2, 0) is 16.6 Å². The van der Waals surface area contributed by atoms with E-state index in [0.29, 0.717) is 15.2 Å². The first kappa shape index (κ1) is 18.1. The Labute approximate surface area is 134 Å². The second-order valence-electron chi connectivity index (χ2n) is 5.94. The zero-order valence-electron chi connectivity index (χ0n) is 12.8. The van der Waals surface area contributed by atoms with Gasteiger partial charge in [0, 0.05) is 24.5 Å². The van der Waals surface area contributed by atoms with Crippen LogP contribution in [0.15, 0.2) is 14.7 Å². The summed E-state index contributed by atoms with van der Waals surface area (Å²) < 4.78 is 27.6. The lowest BCUT2D eigenvalue weighted by Crippen LogP contribution is -2.42. The molecule has 0 saturated heterocycles. The largest absolute Gasteiger partial charge is 0.315 e. The Morgan fingerprint density at radius 2 is 2.00 bits per heavy atom. The summed E-state index contributed by atoms with van der Waals surface area (Å²) in [6.07, 6.45) is 0. The molecule has 20 heavy (non-hydrogen) atoms. The van der Waals surface area contributed by atoms with Crippen LogP contribution in [0.2, 0.25) is 0 Å². The van der Waals surface area contributed by atoms with Gasteiger partial charge in [0.1, 0.15) is 4.90 Å². The van der Waals surface area contributed by atoms with E-state index in [1.54, 1.807) is 13.1 Å². The third-order valence-electron chi connectivity index (χ3n) is 3.51. The summed E-state index contributed by atoms with van der Waals surface area (Å²) in [5, 5.41) is 3.03. The number of sulfonamides is 1.